The third kappa shape index (κ3) is 6.27. The summed E-state index contributed by atoms with van der Waals surface area (Å²) in [5, 5.41) is 33.3. The highest BCUT2D eigenvalue weighted by molar-refractivity contribution is 5.94. The van der Waals surface area contributed by atoms with Gasteiger partial charge in [-0.1, -0.05) is 36.4 Å². The highest BCUT2D eigenvalue weighted by atomic mass is 16.6. The first kappa shape index (κ1) is 25.3. The van der Waals surface area contributed by atoms with Crippen LogP contribution in [-0.2, 0) is 9.59 Å². The Kier molecular flexibility index (Phi) is 8.18. The van der Waals surface area contributed by atoms with Gasteiger partial charge in [-0.3, -0.25) is 9.59 Å². The molecule has 188 valence electrons. The number of hydroxylamine groups is 6. The summed E-state index contributed by atoms with van der Waals surface area (Å²) in [4.78, 5) is 26.0. The van der Waals surface area contributed by atoms with Crippen LogP contribution in [0.2, 0.25) is 0 Å². The van der Waals surface area contributed by atoms with Crippen LogP contribution in [0, 0.1) is 10.4 Å². The van der Waals surface area contributed by atoms with Crippen LogP contribution in [0.1, 0.15) is 44.9 Å². The normalized spacial score (nSPS) is 28.7. The maximum Gasteiger partial charge on any atom is 0.283 e. The van der Waals surface area contributed by atoms with Crippen molar-refractivity contribution in [1.82, 2.24) is 0 Å². The van der Waals surface area contributed by atoms with E-state index in [0.29, 0.717) is 43.7 Å². The number of carbonyl (C=O) groups is 2. The van der Waals surface area contributed by atoms with E-state index in [1.54, 1.807) is 0 Å². The van der Waals surface area contributed by atoms with Crippen LogP contribution >= 0.6 is 0 Å². The third-order valence-corrected chi connectivity index (χ3v) is 7.43. The largest absolute Gasteiger partial charge is 0.632 e. The molecule has 2 heterocycles. The number of likely N-dealkylation sites (tertiary alicyclic amines) is 2. The number of hydrogen-bond acceptors (Lipinski definition) is 4. The lowest BCUT2D eigenvalue weighted by Gasteiger charge is -2.53. The van der Waals surface area contributed by atoms with Crippen LogP contribution in [0.4, 0.5) is 11.4 Å². The van der Waals surface area contributed by atoms with E-state index < -0.39 is 21.4 Å². The summed E-state index contributed by atoms with van der Waals surface area (Å²) in [5.74, 6) is -0.509. The molecule has 4 rings (SSSR count). The van der Waals surface area contributed by atoms with Gasteiger partial charge in [0.1, 0.15) is 0 Å². The third-order valence-electron chi connectivity index (χ3n) is 7.43. The molecule has 8 nitrogen and oxygen atoms in total. The number of rotatable bonds is 8. The van der Waals surface area contributed by atoms with E-state index in [0.717, 1.165) is 25.7 Å². The Hall–Kier alpha value is -2.78. The van der Waals surface area contributed by atoms with E-state index in [1.165, 1.54) is 0 Å². The predicted molar refractivity (Wildman–Crippen MR) is 137 cm³/mol. The summed E-state index contributed by atoms with van der Waals surface area (Å²) in [7, 11) is 0. The second kappa shape index (κ2) is 11.3. The van der Waals surface area contributed by atoms with Gasteiger partial charge in [0.15, 0.2) is 12.1 Å². The van der Waals surface area contributed by atoms with Crippen molar-refractivity contribution in [1.29, 1.82) is 0 Å². The zero-order valence-corrected chi connectivity index (χ0v) is 20.2. The fraction of sp³-hybridized carbons (Fsp3) is 0.481. The molecule has 0 unspecified atom stereocenters. The minimum absolute atomic E-state index is 0.210. The molecule has 2 fully saturated rings. The summed E-state index contributed by atoms with van der Waals surface area (Å²) in [6.07, 6.45) is 4.72. The average molecular weight is 481 g/mol. The second-order valence-electron chi connectivity index (χ2n) is 9.89. The minimum atomic E-state index is -0.678. The molecule has 2 N–H and O–H groups in total. The molecule has 2 aromatic carbocycles. The molecule has 2 aliphatic heterocycles. The van der Waals surface area contributed by atoms with Gasteiger partial charge >= 0.3 is 0 Å². The van der Waals surface area contributed by atoms with Crippen molar-refractivity contribution < 1.29 is 18.9 Å². The molecule has 2 amide bonds. The first-order valence-electron chi connectivity index (χ1n) is 12.8. The Bertz CT molecular complexity index is 910. The molecule has 2 aromatic rings. The Morgan fingerprint density at radius 3 is 1.49 bits per heavy atom. The standard InChI is InChI=1S/C27H36N4O4/c32-26(28-22-12-3-1-4-13-22)24-16-7-9-18-30(24,34)20-11-21-31(35)19-10-8-17-25(31)27(33)29-23-14-5-2-6-15-23/h1-6,12-15,24-25H,7-11,16-21H2,(H,28,32)(H,29,33)/t24-,25-,30+,31+/m0/s1. The molecule has 8 heteroatoms. The van der Waals surface area contributed by atoms with Crippen molar-refractivity contribution in [3.63, 3.8) is 0 Å². The van der Waals surface area contributed by atoms with Crippen LogP contribution in [0.5, 0.6) is 0 Å². The zero-order chi connectivity index (χ0) is 24.7. The van der Waals surface area contributed by atoms with Gasteiger partial charge in [0.25, 0.3) is 11.8 Å². The SMILES string of the molecule is O=C(Nc1ccccc1)[C@@H]1CCCC[N@@+]1([O-])CCC[N@+]1([O-])CCCC[C@H]1C(=O)Nc1ccccc1. The van der Waals surface area contributed by atoms with Crippen LogP contribution < -0.4 is 10.6 Å². The minimum Gasteiger partial charge on any atom is -0.632 e. The molecule has 2 aliphatic rings. The van der Waals surface area contributed by atoms with Crippen molar-refractivity contribution in [2.24, 2.45) is 0 Å². The molecular formula is C27H36N4O4. The Labute approximate surface area is 207 Å². The molecule has 0 spiro atoms. The number of para-hydroxylation sites is 2. The van der Waals surface area contributed by atoms with Crippen LogP contribution in [0.15, 0.2) is 60.7 Å². The maximum atomic E-state index is 13.8. The molecule has 0 radical (unpaired) electrons. The van der Waals surface area contributed by atoms with E-state index in [1.807, 2.05) is 60.7 Å². The second-order valence-corrected chi connectivity index (χ2v) is 9.89. The highest BCUT2D eigenvalue weighted by Crippen LogP contribution is 2.30. The Balaban J connectivity index is 1.38. The van der Waals surface area contributed by atoms with Crippen molar-refractivity contribution in [2.75, 3.05) is 36.8 Å². The molecule has 0 saturated carbocycles. The maximum absolute atomic E-state index is 13.8. The fourth-order valence-corrected chi connectivity index (χ4v) is 5.54. The molecule has 0 bridgehead atoms. The number of quaternary nitrogens is 2. The molecule has 2 saturated heterocycles. The Morgan fingerprint density at radius 1 is 0.686 bits per heavy atom. The molecular weight excluding hydrogens is 444 g/mol. The lowest BCUT2D eigenvalue weighted by molar-refractivity contribution is -0.919. The molecule has 35 heavy (non-hydrogen) atoms. The van der Waals surface area contributed by atoms with E-state index >= 15 is 0 Å². The van der Waals surface area contributed by atoms with Gasteiger partial charge in [-0.25, -0.2) is 0 Å². The average Bonchev–Trinajstić information content (AvgIpc) is 2.85. The number of amides is 2. The van der Waals surface area contributed by atoms with Crippen LogP contribution in [0.25, 0.3) is 0 Å². The van der Waals surface area contributed by atoms with Gasteiger partial charge < -0.3 is 30.3 Å². The van der Waals surface area contributed by atoms with Crippen molar-refractivity contribution >= 4 is 23.2 Å². The van der Waals surface area contributed by atoms with Gasteiger partial charge in [-0.2, -0.15) is 0 Å². The molecule has 0 aliphatic carbocycles. The van der Waals surface area contributed by atoms with Gasteiger partial charge in [0.2, 0.25) is 0 Å². The lowest BCUT2D eigenvalue weighted by atomic mass is 9.98. The number of nitrogens with one attached hydrogen (secondary N) is 2. The van der Waals surface area contributed by atoms with Crippen molar-refractivity contribution in [3.05, 3.63) is 71.1 Å². The van der Waals surface area contributed by atoms with Crippen LogP contribution in [-0.4, -0.2) is 59.4 Å². The summed E-state index contributed by atoms with van der Waals surface area (Å²) in [5.41, 5.74) is 1.36. The summed E-state index contributed by atoms with van der Waals surface area (Å²) in [6, 6.07) is 17.0. The number of piperidine rings is 2. The molecule has 0 aromatic heterocycles. The summed E-state index contributed by atoms with van der Waals surface area (Å²) < 4.78 is -1.20. The predicted octanol–water partition coefficient (Wildman–Crippen LogP) is 4.39. The van der Waals surface area contributed by atoms with E-state index in [-0.39, 0.29) is 24.9 Å². The number of anilines is 2. The fourth-order valence-electron chi connectivity index (χ4n) is 5.54. The zero-order valence-electron chi connectivity index (χ0n) is 20.2. The lowest BCUT2D eigenvalue weighted by Crippen LogP contribution is -2.61. The van der Waals surface area contributed by atoms with E-state index in [4.69, 9.17) is 0 Å². The van der Waals surface area contributed by atoms with E-state index in [9.17, 15) is 20.0 Å². The highest BCUT2D eigenvalue weighted by Gasteiger charge is 2.40. The number of carbonyl (C=O) groups excluding carboxylic acids is 2. The number of hydrogen-bond donors (Lipinski definition) is 2. The van der Waals surface area contributed by atoms with Gasteiger partial charge in [0.05, 0.1) is 26.2 Å². The van der Waals surface area contributed by atoms with Crippen molar-refractivity contribution in [2.45, 2.75) is 57.0 Å². The quantitative estimate of drug-likeness (QED) is 0.432. The van der Waals surface area contributed by atoms with Gasteiger partial charge in [-0.05, 0) is 49.9 Å². The topological polar surface area (TPSA) is 104 Å². The summed E-state index contributed by atoms with van der Waals surface area (Å²) in [6.45, 7) is 1.18. The number of nitrogens with zero attached hydrogens (tertiary/aromatic N) is 2. The first-order valence-corrected chi connectivity index (χ1v) is 12.8. The summed E-state index contributed by atoms with van der Waals surface area (Å²) >= 11 is 0. The first-order chi connectivity index (χ1) is 16.9. The van der Waals surface area contributed by atoms with Crippen molar-refractivity contribution in [3.8, 4) is 0 Å². The van der Waals surface area contributed by atoms with Crippen LogP contribution in [0.3, 0.4) is 0 Å². The van der Waals surface area contributed by atoms with Gasteiger partial charge in [-0.15, -0.1) is 0 Å². The molecule has 4 atom stereocenters. The van der Waals surface area contributed by atoms with Gasteiger partial charge in [0, 0.05) is 30.6 Å². The van der Waals surface area contributed by atoms with E-state index in [2.05, 4.69) is 10.6 Å². The monoisotopic (exact) mass is 480 g/mol. The smallest absolute Gasteiger partial charge is 0.283 e. The Morgan fingerprint density at radius 2 is 1.09 bits per heavy atom. The number of benzene rings is 2.